The summed E-state index contributed by atoms with van der Waals surface area (Å²) in [6.07, 6.45) is 1.61. The fourth-order valence-electron chi connectivity index (χ4n) is 2.57. The molecule has 1 aliphatic heterocycles. The second-order valence-electron chi connectivity index (χ2n) is 5.41. The Hall–Kier alpha value is -1.22. The third kappa shape index (κ3) is 3.24. The van der Waals surface area contributed by atoms with Gasteiger partial charge in [0.1, 0.15) is 0 Å². The first-order valence-corrected chi connectivity index (χ1v) is 8.74. The molecular weight excluding hydrogens is 330 g/mol. The third-order valence-corrected chi connectivity index (χ3v) is 6.18. The summed E-state index contributed by atoms with van der Waals surface area (Å²) < 4.78 is 26.7. The number of nitro benzene ring substituents is 1. The molecule has 0 bridgehead atoms. The van der Waals surface area contributed by atoms with Crippen molar-refractivity contribution in [2.45, 2.75) is 24.7 Å². The maximum atomic E-state index is 12.7. The zero-order chi connectivity index (χ0) is 16.5. The molecule has 0 aliphatic carbocycles. The largest absolute Gasteiger partial charge is 0.330 e. The molecule has 22 heavy (non-hydrogen) atoms. The van der Waals surface area contributed by atoms with Crippen LogP contribution < -0.4 is 5.73 Å². The highest BCUT2D eigenvalue weighted by atomic mass is 35.5. The second-order valence-corrected chi connectivity index (χ2v) is 7.76. The summed E-state index contributed by atoms with van der Waals surface area (Å²) >= 11 is 5.96. The molecule has 1 aromatic carbocycles. The van der Waals surface area contributed by atoms with Crippen molar-refractivity contribution in [3.63, 3.8) is 0 Å². The molecule has 1 atom stereocenters. The fraction of sp³-hybridized carbons (Fsp3) is 0.538. The Morgan fingerprint density at radius 1 is 1.50 bits per heavy atom. The van der Waals surface area contributed by atoms with Gasteiger partial charge in [0.25, 0.3) is 5.69 Å². The van der Waals surface area contributed by atoms with Gasteiger partial charge in [-0.05, 0) is 38.3 Å². The van der Waals surface area contributed by atoms with Gasteiger partial charge in [-0.15, -0.1) is 0 Å². The molecule has 0 aromatic heterocycles. The van der Waals surface area contributed by atoms with E-state index in [1.807, 2.05) is 0 Å². The van der Waals surface area contributed by atoms with Crippen molar-refractivity contribution in [2.75, 3.05) is 19.6 Å². The quantitative estimate of drug-likeness (QED) is 0.661. The first-order chi connectivity index (χ1) is 10.3. The van der Waals surface area contributed by atoms with E-state index in [4.69, 9.17) is 17.3 Å². The first-order valence-electron chi connectivity index (χ1n) is 6.92. The van der Waals surface area contributed by atoms with Gasteiger partial charge in [0.15, 0.2) is 0 Å². The molecule has 1 fully saturated rings. The van der Waals surface area contributed by atoms with E-state index in [-0.39, 0.29) is 27.1 Å². The molecule has 122 valence electrons. The number of nitrogens with zero attached hydrogens (tertiary/aromatic N) is 2. The summed E-state index contributed by atoms with van der Waals surface area (Å²) in [5.74, 6) is 0.111. The molecule has 2 rings (SSSR count). The van der Waals surface area contributed by atoms with Crippen LogP contribution in [0.15, 0.2) is 17.0 Å². The van der Waals surface area contributed by atoms with Gasteiger partial charge in [-0.3, -0.25) is 10.1 Å². The number of rotatable bonds is 4. The predicted molar refractivity (Wildman–Crippen MR) is 83.4 cm³/mol. The zero-order valence-electron chi connectivity index (χ0n) is 12.2. The van der Waals surface area contributed by atoms with E-state index in [0.29, 0.717) is 19.6 Å². The number of halogens is 1. The Labute approximate surface area is 134 Å². The normalized spacial score (nSPS) is 20.0. The van der Waals surface area contributed by atoms with Crippen LogP contribution in [-0.4, -0.2) is 37.3 Å². The number of nitro groups is 1. The number of hydrogen-bond acceptors (Lipinski definition) is 5. The van der Waals surface area contributed by atoms with E-state index in [2.05, 4.69) is 0 Å². The second kappa shape index (κ2) is 6.49. The van der Waals surface area contributed by atoms with Gasteiger partial charge in [0.05, 0.1) is 14.8 Å². The van der Waals surface area contributed by atoms with Crippen LogP contribution in [0.5, 0.6) is 0 Å². The molecule has 1 heterocycles. The van der Waals surface area contributed by atoms with Crippen LogP contribution in [0.3, 0.4) is 0 Å². The van der Waals surface area contributed by atoms with E-state index < -0.39 is 14.9 Å². The highest BCUT2D eigenvalue weighted by Gasteiger charge is 2.31. The Balaban J connectivity index is 2.43. The van der Waals surface area contributed by atoms with E-state index in [1.165, 1.54) is 17.3 Å². The van der Waals surface area contributed by atoms with Gasteiger partial charge in [-0.2, -0.15) is 4.31 Å². The van der Waals surface area contributed by atoms with E-state index in [9.17, 15) is 18.5 Å². The van der Waals surface area contributed by atoms with Crippen LogP contribution in [0.25, 0.3) is 0 Å². The van der Waals surface area contributed by atoms with Crippen LogP contribution in [-0.2, 0) is 10.0 Å². The van der Waals surface area contributed by atoms with Gasteiger partial charge >= 0.3 is 0 Å². The Bertz CT molecular complexity index is 693. The summed E-state index contributed by atoms with van der Waals surface area (Å²) in [6.45, 7) is 2.62. The monoisotopic (exact) mass is 347 g/mol. The van der Waals surface area contributed by atoms with Crippen LogP contribution in [0, 0.1) is 23.0 Å². The molecule has 0 saturated carbocycles. The summed E-state index contributed by atoms with van der Waals surface area (Å²) in [4.78, 5) is 10.3. The molecule has 2 N–H and O–H groups in total. The average molecular weight is 348 g/mol. The highest BCUT2D eigenvalue weighted by Crippen LogP contribution is 2.32. The zero-order valence-corrected chi connectivity index (χ0v) is 13.7. The average Bonchev–Trinajstić information content (AvgIpc) is 2.49. The lowest BCUT2D eigenvalue weighted by atomic mass is 10.0. The van der Waals surface area contributed by atoms with Crippen molar-refractivity contribution < 1.29 is 13.3 Å². The minimum Gasteiger partial charge on any atom is -0.330 e. The SMILES string of the molecule is Cc1c(Cl)cc(S(=O)(=O)N2CCCC(CN)C2)cc1[N+](=O)[O-]. The topological polar surface area (TPSA) is 107 Å². The van der Waals surface area contributed by atoms with Gasteiger partial charge in [0.2, 0.25) is 10.0 Å². The minimum absolute atomic E-state index is 0.0696. The van der Waals surface area contributed by atoms with Crippen molar-refractivity contribution in [2.24, 2.45) is 11.7 Å². The van der Waals surface area contributed by atoms with Crippen molar-refractivity contribution in [1.29, 1.82) is 0 Å². The Morgan fingerprint density at radius 3 is 2.77 bits per heavy atom. The number of nitrogens with two attached hydrogens (primary N) is 1. The maximum Gasteiger partial charge on any atom is 0.275 e. The number of piperidine rings is 1. The van der Waals surface area contributed by atoms with E-state index in [0.717, 1.165) is 18.9 Å². The maximum absolute atomic E-state index is 12.7. The van der Waals surface area contributed by atoms with Gasteiger partial charge in [-0.1, -0.05) is 11.6 Å². The van der Waals surface area contributed by atoms with E-state index in [1.54, 1.807) is 0 Å². The van der Waals surface area contributed by atoms with Crippen LogP contribution in [0.2, 0.25) is 5.02 Å². The lowest BCUT2D eigenvalue weighted by molar-refractivity contribution is -0.385. The van der Waals surface area contributed by atoms with Crippen molar-refractivity contribution in [1.82, 2.24) is 4.31 Å². The Kier molecular flexibility index (Phi) is 5.06. The summed E-state index contributed by atoms with van der Waals surface area (Å²) in [6, 6.07) is 2.34. The molecule has 0 radical (unpaired) electrons. The summed E-state index contributed by atoms with van der Waals surface area (Å²) in [7, 11) is -3.81. The van der Waals surface area contributed by atoms with Crippen LogP contribution in [0.1, 0.15) is 18.4 Å². The smallest absolute Gasteiger partial charge is 0.275 e. The standard InChI is InChI=1S/C13H18ClN3O4S/c1-9-12(14)5-11(6-13(9)17(18)19)22(20,21)16-4-2-3-10(7-15)8-16/h5-6,10H,2-4,7-8,15H2,1H3. The number of sulfonamides is 1. The minimum atomic E-state index is -3.81. The van der Waals surface area contributed by atoms with Gasteiger partial charge in [-0.25, -0.2) is 8.42 Å². The molecule has 7 nitrogen and oxygen atoms in total. The van der Waals surface area contributed by atoms with Crippen LogP contribution >= 0.6 is 11.6 Å². The van der Waals surface area contributed by atoms with Gasteiger partial charge in [0, 0.05) is 24.7 Å². The Morgan fingerprint density at radius 2 is 2.18 bits per heavy atom. The van der Waals surface area contributed by atoms with E-state index >= 15 is 0 Å². The van der Waals surface area contributed by atoms with Crippen LogP contribution in [0.4, 0.5) is 5.69 Å². The molecule has 1 saturated heterocycles. The molecule has 1 aliphatic rings. The molecule has 0 amide bonds. The molecule has 9 heteroatoms. The van der Waals surface area contributed by atoms with Crippen molar-refractivity contribution in [3.05, 3.63) is 32.8 Å². The number of benzene rings is 1. The lowest BCUT2D eigenvalue weighted by Gasteiger charge is -2.31. The summed E-state index contributed by atoms with van der Waals surface area (Å²) in [5, 5.41) is 11.1. The first kappa shape index (κ1) is 17.1. The number of hydrogen-bond donors (Lipinski definition) is 1. The third-order valence-electron chi connectivity index (χ3n) is 3.94. The fourth-order valence-corrected chi connectivity index (χ4v) is 4.45. The molecule has 1 unspecified atom stereocenters. The molecular formula is C13H18ClN3O4S. The molecule has 0 spiro atoms. The van der Waals surface area contributed by atoms with Crippen molar-refractivity contribution >= 4 is 27.3 Å². The predicted octanol–water partition coefficient (Wildman–Crippen LogP) is 1.92. The lowest BCUT2D eigenvalue weighted by Crippen LogP contribution is -2.42. The van der Waals surface area contributed by atoms with Crippen molar-refractivity contribution in [3.8, 4) is 0 Å². The highest BCUT2D eigenvalue weighted by molar-refractivity contribution is 7.89. The summed E-state index contributed by atoms with van der Waals surface area (Å²) in [5.41, 5.74) is 5.58. The molecule has 1 aromatic rings. The van der Waals surface area contributed by atoms with Gasteiger partial charge < -0.3 is 5.73 Å².